The maximum absolute atomic E-state index is 10.9. The van der Waals surface area contributed by atoms with Crippen LogP contribution in [0, 0.1) is 10.1 Å². The van der Waals surface area contributed by atoms with Crippen LogP contribution in [0.1, 0.15) is 18.5 Å². The Balaban J connectivity index is 2.29. The molecule has 0 radical (unpaired) electrons. The van der Waals surface area contributed by atoms with Gasteiger partial charge in [-0.3, -0.25) is 10.1 Å². The first-order chi connectivity index (χ1) is 10.0. The van der Waals surface area contributed by atoms with Gasteiger partial charge in [0.15, 0.2) is 0 Å². The lowest BCUT2D eigenvalue weighted by molar-refractivity contribution is -0.384. The molecule has 0 spiro atoms. The van der Waals surface area contributed by atoms with Crippen LogP contribution < -0.4 is 10.1 Å². The number of rotatable bonds is 5. The van der Waals surface area contributed by atoms with Gasteiger partial charge in [0.1, 0.15) is 11.5 Å². The summed E-state index contributed by atoms with van der Waals surface area (Å²) in [6, 6.07) is 11.1. The molecule has 2 N–H and O–H groups in total. The van der Waals surface area contributed by atoms with E-state index in [4.69, 9.17) is 4.74 Å². The normalized spacial score (nSPS) is 11.7. The van der Waals surface area contributed by atoms with Crippen LogP contribution in [0.2, 0.25) is 0 Å². The first-order valence-corrected chi connectivity index (χ1v) is 6.39. The fraction of sp³-hybridized carbons (Fsp3) is 0.200. The van der Waals surface area contributed by atoms with Crippen LogP contribution in [0.3, 0.4) is 0 Å². The smallest absolute Gasteiger partial charge is 0.271 e. The maximum atomic E-state index is 10.9. The Morgan fingerprint density at radius 3 is 2.67 bits per heavy atom. The molecule has 0 aromatic heterocycles. The molecule has 2 aromatic rings. The van der Waals surface area contributed by atoms with Crippen molar-refractivity contribution in [2.75, 3.05) is 12.4 Å². The molecule has 0 aliphatic rings. The zero-order chi connectivity index (χ0) is 15.4. The molecule has 0 heterocycles. The van der Waals surface area contributed by atoms with Crippen LogP contribution in [0.5, 0.6) is 11.5 Å². The second kappa shape index (κ2) is 6.13. The molecule has 0 saturated carbocycles. The molecule has 0 bridgehead atoms. The minimum absolute atomic E-state index is 0.0126. The minimum Gasteiger partial charge on any atom is -0.508 e. The number of phenols is 1. The number of anilines is 1. The first kappa shape index (κ1) is 14.6. The Bertz CT molecular complexity index is 658. The molecule has 0 aliphatic heterocycles. The summed E-state index contributed by atoms with van der Waals surface area (Å²) in [5, 5.41) is 23.5. The van der Waals surface area contributed by atoms with E-state index >= 15 is 0 Å². The van der Waals surface area contributed by atoms with Crippen LogP contribution in [0.15, 0.2) is 42.5 Å². The second-order valence-corrected chi connectivity index (χ2v) is 4.60. The highest BCUT2D eigenvalue weighted by molar-refractivity contribution is 5.62. The average Bonchev–Trinajstić information content (AvgIpc) is 2.47. The molecule has 2 aromatic carbocycles. The van der Waals surface area contributed by atoms with Crippen molar-refractivity contribution in [1.29, 1.82) is 0 Å². The van der Waals surface area contributed by atoms with Crippen molar-refractivity contribution in [3.8, 4) is 11.5 Å². The van der Waals surface area contributed by atoms with E-state index < -0.39 is 4.92 Å². The summed E-state index contributed by atoms with van der Waals surface area (Å²) in [7, 11) is 1.51. The van der Waals surface area contributed by atoms with E-state index in [1.54, 1.807) is 24.3 Å². The first-order valence-electron chi connectivity index (χ1n) is 6.39. The number of ether oxygens (including phenoxy) is 1. The Hall–Kier alpha value is -2.76. The summed E-state index contributed by atoms with van der Waals surface area (Å²) in [5.41, 5.74) is 1.38. The third kappa shape index (κ3) is 3.42. The monoisotopic (exact) mass is 288 g/mol. The molecular formula is C15H16N2O4. The molecule has 2 rings (SSSR count). The molecule has 0 aliphatic carbocycles. The van der Waals surface area contributed by atoms with Gasteiger partial charge in [0.25, 0.3) is 5.69 Å². The van der Waals surface area contributed by atoms with Crippen LogP contribution in [-0.2, 0) is 0 Å². The highest BCUT2D eigenvalue weighted by atomic mass is 16.6. The summed E-state index contributed by atoms with van der Waals surface area (Å²) in [5.74, 6) is 0.694. The lowest BCUT2D eigenvalue weighted by Crippen LogP contribution is -2.08. The van der Waals surface area contributed by atoms with E-state index in [2.05, 4.69) is 5.32 Å². The van der Waals surface area contributed by atoms with Gasteiger partial charge in [-0.05, 0) is 30.7 Å². The Morgan fingerprint density at radius 1 is 1.29 bits per heavy atom. The van der Waals surface area contributed by atoms with Gasteiger partial charge in [0.05, 0.1) is 17.7 Å². The highest BCUT2D eigenvalue weighted by Crippen LogP contribution is 2.32. The van der Waals surface area contributed by atoms with Gasteiger partial charge in [-0.2, -0.15) is 0 Å². The number of methoxy groups -OCH3 is 1. The van der Waals surface area contributed by atoms with Gasteiger partial charge in [0, 0.05) is 18.2 Å². The van der Waals surface area contributed by atoms with Crippen LogP contribution in [-0.4, -0.2) is 17.1 Å². The summed E-state index contributed by atoms with van der Waals surface area (Å²) in [6.07, 6.45) is 0. The van der Waals surface area contributed by atoms with Gasteiger partial charge < -0.3 is 15.2 Å². The van der Waals surface area contributed by atoms with Gasteiger partial charge in [0.2, 0.25) is 0 Å². The van der Waals surface area contributed by atoms with Crippen molar-refractivity contribution in [1.82, 2.24) is 0 Å². The quantitative estimate of drug-likeness (QED) is 0.650. The Kier molecular flexibility index (Phi) is 4.27. The number of benzene rings is 2. The molecule has 6 heteroatoms. The third-order valence-corrected chi connectivity index (χ3v) is 3.14. The molecular weight excluding hydrogens is 272 g/mol. The standard InChI is InChI=1S/C15H16N2O4/c1-10(11-4-3-5-13(18)8-11)16-14-9-12(17(19)20)6-7-15(14)21-2/h3-10,16,18H,1-2H3. The lowest BCUT2D eigenvalue weighted by Gasteiger charge is -2.18. The number of nitrogens with zero attached hydrogens (tertiary/aromatic N) is 1. The Labute approximate surface area is 122 Å². The number of hydrogen-bond donors (Lipinski definition) is 2. The molecule has 1 atom stereocenters. The zero-order valence-electron chi connectivity index (χ0n) is 11.7. The van der Waals surface area contributed by atoms with E-state index in [-0.39, 0.29) is 17.5 Å². The molecule has 21 heavy (non-hydrogen) atoms. The fourth-order valence-corrected chi connectivity index (χ4v) is 2.03. The van der Waals surface area contributed by atoms with Crippen molar-refractivity contribution in [3.05, 3.63) is 58.1 Å². The Morgan fingerprint density at radius 2 is 2.05 bits per heavy atom. The molecule has 1 unspecified atom stereocenters. The van der Waals surface area contributed by atoms with Crippen molar-refractivity contribution in [2.24, 2.45) is 0 Å². The maximum Gasteiger partial charge on any atom is 0.271 e. The number of aromatic hydroxyl groups is 1. The van der Waals surface area contributed by atoms with Crippen molar-refractivity contribution in [3.63, 3.8) is 0 Å². The zero-order valence-corrected chi connectivity index (χ0v) is 11.7. The minimum atomic E-state index is -0.455. The van der Waals surface area contributed by atoms with Gasteiger partial charge in [-0.1, -0.05) is 12.1 Å². The van der Waals surface area contributed by atoms with Crippen molar-refractivity contribution in [2.45, 2.75) is 13.0 Å². The summed E-state index contributed by atoms with van der Waals surface area (Å²) in [6.45, 7) is 1.90. The van der Waals surface area contributed by atoms with Crippen LogP contribution >= 0.6 is 0 Å². The largest absolute Gasteiger partial charge is 0.508 e. The second-order valence-electron chi connectivity index (χ2n) is 4.60. The van der Waals surface area contributed by atoms with Gasteiger partial charge in [-0.25, -0.2) is 0 Å². The predicted molar refractivity (Wildman–Crippen MR) is 79.8 cm³/mol. The summed E-state index contributed by atoms with van der Waals surface area (Å²) in [4.78, 5) is 10.4. The number of nitro benzene ring substituents is 1. The molecule has 0 fully saturated rings. The van der Waals surface area contributed by atoms with Gasteiger partial charge >= 0.3 is 0 Å². The fourth-order valence-electron chi connectivity index (χ4n) is 2.03. The SMILES string of the molecule is COc1ccc([N+](=O)[O-])cc1NC(C)c1cccc(O)c1. The van der Waals surface area contributed by atoms with Gasteiger partial charge in [-0.15, -0.1) is 0 Å². The van der Waals surface area contributed by atoms with E-state index in [0.717, 1.165) is 5.56 Å². The topological polar surface area (TPSA) is 84.6 Å². The van der Waals surface area contributed by atoms with E-state index in [9.17, 15) is 15.2 Å². The number of nitro groups is 1. The van der Waals surface area contributed by atoms with Crippen molar-refractivity contribution >= 4 is 11.4 Å². The molecule has 0 amide bonds. The van der Waals surface area contributed by atoms with E-state index in [1.807, 2.05) is 13.0 Å². The number of nitrogens with one attached hydrogen (secondary N) is 1. The number of phenolic OH excluding ortho intramolecular Hbond substituents is 1. The average molecular weight is 288 g/mol. The highest BCUT2D eigenvalue weighted by Gasteiger charge is 2.14. The number of non-ortho nitro benzene ring substituents is 1. The molecule has 0 saturated heterocycles. The van der Waals surface area contributed by atoms with E-state index in [1.165, 1.54) is 19.2 Å². The van der Waals surface area contributed by atoms with Crippen LogP contribution in [0.25, 0.3) is 0 Å². The molecule has 6 nitrogen and oxygen atoms in total. The summed E-state index contributed by atoms with van der Waals surface area (Å²) < 4.78 is 5.21. The van der Waals surface area contributed by atoms with Crippen molar-refractivity contribution < 1.29 is 14.8 Å². The third-order valence-electron chi connectivity index (χ3n) is 3.14. The lowest BCUT2D eigenvalue weighted by atomic mass is 10.1. The van der Waals surface area contributed by atoms with E-state index in [0.29, 0.717) is 11.4 Å². The molecule has 110 valence electrons. The number of hydrogen-bond acceptors (Lipinski definition) is 5. The van der Waals surface area contributed by atoms with Crippen LogP contribution in [0.4, 0.5) is 11.4 Å². The summed E-state index contributed by atoms with van der Waals surface area (Å²) >= 11 is 0. The predicted octanol–water partition coefficient (Wildman–Crippen LogP) is 3.48.